The highest BCUT2D eigenvalue weighted by molar-refractivity contribution is 5.94. The topological polar surface area (TPSA) is 38.3 Å². The number of nitrogens with one attached hydrogen (secondary N) is 1. The minimum Gasteiger partial charge on any atom is -0.494 e. The van der Waals surface area contributed by atoms with Gasteiger partial charge in [-0.05, 0) is 55.8 Å². The van der Waals surface area contributed by atoms with Crippen LogP contribution in [-0.4, -0.2) is 12.5 Å². The van der Waals surface area contributed by atoms with Crippen molar-refractivity contribution in [3.8, 4) is 5.75 Å². The molecule has 2 aromatic carbocycles. The summed E-state index contributed by atoms with van der Waals surface area (Å²) in [4.78, 5) is 12.1. The molecule has 5 heteroatoms. The van der Waals surface area contributed by atoms with Crippen molar-refractivity contribution in [2.45, 2.75) is 19.9 Å². The molecular formula is C17H17F2NO2. The molecular weight excluding hydrogens is 288 g/mol. The second-order valence-electron chi connectivity index (χ2n) is 4.83. The van der Waals surface area contributed by atoms with Gasteiger partial charge in [0, 0.05) is 5.56 Å². The first-order valence-electron chi connectivity index (χ1n) is 7.00. The van der Waals surface area contributed by atoms with Crippen LogP contribution < -0.4 is 10.1 Å². The van der Waals surface area contributed by atoms with Gasteiger partial charge in [0.1, 0.15) is 5.75 Å². The number of carbonyl (C=O) groups is 1. The lowest BCUT2D eigenvalue weighted by atomic mass is 10.1. The van der Waals surface area contributed by atoms with E-state index in [0.29, 0.717) is 23.5 Å². The van der Waals surface area contributed by atoms with Gasteiger partial charge in [-0.1, -0.05) is 6.07 Å². The molecule has 3 nitrogen and oxygen atoms in total. The summed E-state index contributed by atoms with van der Waals surface area (Å²) in [6.45, 7) is 4.14. The Bertz CT molecular complexity index is 656. The van der Waals surface area contributed by atoms with Gasteiger partial charge in [0.25, 0.3) is 5.91 Å². The van der Waals surface area contributed by atoms with E-state index in [1.165, 1.54) is 6.07 Å². The van der Waals surface area contributed by atoms with Gasteiger partial charge in [0.15, 0.2) is 11.6 Å². The average molecular weight is 305 g/mol. The van der Waals surface area contributed by atoms with Gasteiger partial charge in [0.05, 0.1) is 12.6 Å². The van der Waals surface area contributed by atoms with Crippen molar-refractivity contribution < 1.29 is 18.3 Å². The summed E-state index contributed by atoms with van der Waals surface area (Å²) < 4.78 is 31.4. The minimum absolute atomic E-state index is 0.291. The highest BCUT2D eigenvalue weighted by Crippen LogP contribution is 2.17. The molecule has 116 valence electrons. The molecule has 2 rings (SSSR count). The van der Waals surface area contributed by atoms with Gasteiger partial charge in [-0.3, -0.25) is 4.79 Å². The second kappa shape index (κ2) is 7.02. The number of benzene rings is 2. The number of ether oxygens (including phenoxy) is 1. The highest BCUT2D eigenvalue weighted by Gasteiger charge is 2.13. The molecule has 0 fully saturated rings. The van der Waals surface area contributed by atoms with Crippen LogP contribution in [0.1, 0.15) is 35.8 Å². The Labute approximate surface area is 127 Å². The SMILES string of the molecule is CCOc1ccc(C(=O)NC(C)c2ccc(F)c(F)c2)cc1. The van der Waals surface area contributed by atoms with Gasteiger partial charge < -0.3 is 10.1 Å². The molecule has 1 amide bonds. The summed E-state index contributed by atoms with van der Waals surface area (Å²) in [6.07, 6.45) is 0. The first kappa shape index (κ1) is 15.9. The standard InChI is InChI=1S/C17H17F2NO2/c1-3-22-14-7-4-12(5-8-14)17(21)20-11(2)13-6-9-15(18)16(19)10-13/h4-11H,3H2,1-2H3,(H,20,21). The third kappa shape index (κ3) is 3.81. The van der Waals surface area contributed by atoms with E-state index in [0.717, 1.165) is 12.1 Å². The first-order chi connectivity index (χ1) is 10.5. The van der Waals surface area contributed by atoms with Crippen LogP contribution in [-0.2, 0) is 0 Å². The maximum atomic E-state index is 13.2. The van der Waals surface area contributed by atoms with Crippen molar-refractivity contribution in [2.75, 3.05) is 6.61 Å². The number of rotatable bonds is 5. The molecule has 1 unspecified atom stereocenters. The third-order valence-electron chi connectivity index (χ3n) is 3.22. The van der Waals surface area contributed by atoms with E-state index in [9.17, 15) is 13.6 Å². The first-order valence-corrected chi connectivity index (χ1v) is 7.00. The molecule has 0 aromatic heterocycles. The summed E-state index contributed by atoms with van der Waals surface area (Å²) >= 11 is 0. The van der Waals surface area contributed by atoms with Gasteiger partial charge in [-0.15, -0.1) is 0 Å². The zero-order valence-corrected chi connectivity index (χ0v) is 12.4. The molecule has 0 bridgehead atoms. The van der Waals surface area contributed by atoms with E-state index in [1.807, 2.05) is 6.92 Å². The van der Waals surface area contributed by atoms with Gasteiger partial charge in [-0.2, -0.15) is 0 Å². The largest absolute Gasteiger partial charge is 0.494 e. The molecule has 0 aliphatic heterocycles. The van der Waals surface area contributed by atoms with Gasteiger partial charge >= 0.3 is 0 Å². The lowest BCUT2D eigenvalue weighted by Crippen LogP contribution is -2.26. The van der Waals surface area contributed by atoms with Crippen LogP contribution in [0.25, 0.3) is 0 Å². The molecule has 0 aliphatic rings. The molecule has 0 spiro atoms. The Kier molecular flexibility index (Phi) is 5.09. The third-order valence-corrected chi connectivity index (χ3v) is 3.22. The molecule has 0 radical (unpaired) electrons. The Morgan fingerprint density at radius 2 is 1.82 bits per heavy atom. The van der Waals surface area contributed by atoms with Crippen LogP contribution in [0.2, 0.25) is 0 Å². The Balaban J connectivity index is 2.05. The van der Waals surface area contributed by atoms with E-state index >= 15 is 0 Å². The van der Waals surface area contributed by atoms with Gasteiger partial charge in [-0.25, -0.2) is 8.78 Å². The van der Waals surface area contributed by atoms with Crippen molar-refractivity contribution in [3.63, 3.8) is 0 Å². The summed E-state index contributed by atoms with van der Waals surface area (Å²) in [5.41, 5.74) is 0.969. The van der Waals surface area contributed by atoms with E-state index in [-0.39, 0.29) is 5.91 Å². The molecule has 1 N–H and O–H groups in total. The quantitative estimate of drug-likeness (QED) is 0.911. The van der Waals surface area contributed by atoms with Crippen molar-refractivity contribution in [1.29, 1.82) is 0 Å². The lowest BCUT2D eigenvalue weighted by molar-refractivity contribution is 0.0940. The molecule has 1 atom stereocenters. The van der Waals surface area contributed by atoms with Crippen molar-refractivity contribution in [1.82, 2.24) is 5.32 Å². The van der Waals surface area contributed by atoms with Crippen LogP contribution in [0.5, 0.6) is 5.75 Å². The number of halogens is 2. The minimum atomic E-state index is -0.931. The Morgan fingerprint density at radius 1 is 1.14 bits per heavy atom. The Morgan fingerprint density at radius 3 is 2.41 bits per heavy atom. The van der Waals surface area contributed by atoms with Crippen LogP contribution in [0.15, 0.2) is 42.5 Å². The Hall–Kier alpha value is -2.43. The number of carbonyl (C=O) groups excluding carboxylic acids is 1. The summed E-state index contributed by atoms with van der Waals surface area (Å²) in [5.74, 6) is -1.44. The van der Waals surface area contributed by atoms with E-state index in [1.54, 1.807) is 31.2 Å². The van der Waals surface area contributed by atoms with Crippen LogP contribution in [0.4, 0.5) is 8.78 Å². The molecule has 0 saturated heterocycles. The van der Waals surface area contributed by atoms with Crippen molar-refractivity contribution in [3.05, 3.63) is 65.2 Å². The highest BCUT2D eigenvalue weighted by atomic mass is 19.2. The van der Waals surface area contributed by atoms with Crippen molar-refractivity contribution in [2.24, 2.45) is 0 Å². The number of amides is 1. The fourth-order valence-electron chi connectivity index (χ4n) is 2.01. The normalized spacial score (nSPS) is 11.8. The lowest BCUT2D eigenvalue weighted by Gasteiger charge is -2.15. The summed E-state index contributed by atoms with van der Waals surface area (Å²) in [7, 11) is 0. The van der Waals surface area contributed by atoms with Gasteiger partial charge in [0.2, 0.25) is 0 Å². The second-order valence-corrected chi connectivity index (χ2v) is 4.83. The van der Waals surface area contributed by atoms with E-state index in [4.69, 9.17) is 4.74 Å². The van der Waals surface area contributed by atoms with Crippen LogP contribution in [0.3, 0.4) is 0 Å². The molecule has 2 aromatic rings. The fourth-order valence-corrected chi connectivity index (χ4v) is 2.01. The van der Waals surface area contributed by atoms with E-state index in [2.05, 4.69) is 5.32 Å². The van der Waals surface area contributed by atoms with Crippen LogP contribution >= 0.6 is 0 Å². The molecule has 22 heavy (non-hydrogen) atoms. The molecule has 0 saturated carbocycles. The maximum absolute atomic E-state index is 13.2. The van der Waals surface area contributed by atoms with Crippen molar-refractivity contribution >= 4 is 5.91 Å². The zero-order valence-electron chi connectivity index (χ0n) is 12.4. The number of hydrogen-bond donors (Lipinski definition) is 1. The monoisotopic (exact) mass is 305 g/mol. The smallest absolute Gasteiger partial charge is 0.251 e. The maximum Gasteiger partial charge on any atom is 0.251 e. The summed E-state index contributed by atoms with van der Waals surface area (Å²) in [5, 5.41) is 2.74. The molecule has 0 heterocycles. The summed E-state index contributed by atoms with van der Waals surface area (Å²) in [6, 6.07) is 9.86. The predicted molar refractivity (Wildman–Crippen MR) is 79.9 cm³/mol. The number of hydrogen-bond acceptors (Lipinski definition) is 2. The predicted octanol–water partition coefficient (Wildman–Crippen LogP) is 3.85. The molecule has 0 aliphatic carbocycles. The van der Waals surface area contributed by atoms with Crippen LogP contribution in [0, 0.1) is 11.6 Å². The van der Waals surface area contributed by atoms with E-state index < -0.39 is 17.7 Å². The average Bonchev–Trinajstić information content (AvgIpc) is 2.51. The zero-order chi connectivity index (χ0) is 16.1. The fraction of sp³-hybridized carbons (Fsp3) is 0.235.